The van der Waals surface area contributed by atoms with E-state index in [4.69, 9.17) is 4.74 Å². The summed E-state index contributed by atoms with van der Waals surface area (Å²) in [7, 11) is 0. The number of aryl methyl sites for hydroxylation is 1. The summed E-state index contributed by atoms with van der Waals surface area (Å²) in [6, 6.07) is 8.78. The maximum Gasteiger partial charge on any atom is 0.253 e. The van der Waals surface area contributed by atoms with Gasteiger partial charge in [-0.1, -0.05) is 15.9 Å². The fourth-order valence-electron chi connectivity index (χ4n) is 2.05. The molecule has 1 heterocycles. The Labute approximate surface area is 155 Å². The average Bonchev–Trinajstić information content (AvgIpc) is 2.55. The zero-order valence-electron chi connectivity index (χ0n) is 14.3. The summed E-state index contributed by atoms with van der Waals surface area (Å²) < 4.78 is 6.36. The second kappa shape index (κ2) is 8.62. The molecule has 1 aromatic carbocycles. The second-order valence-corrected chi connectivity index (χ2v) is 6.66. The normalized spacial score (nSPS) is 10.4. The third kappa shape index (κ3) is 5.86. The quantitative estimate of drug-likeness (QED) is 0.772. The zero-order chi connectivity index (χ0) is 18.4. The molecule has 2 aromatic rings. The Bertz CT molecular complexity index is 761. The van der Waals surface area contributed by atoms with Crippen molar-refractivity contribution in [3.8, 4) is 5.88 Å². The molecule has 0 aliphatic heterocycles. The van der Waals surface area contributed by atoms with Crippen LogP contribution in [0.1, 0.15) is 29.8 Å². The van der Waals surface area contributed by atoms with E-state index in [1.165, 1.54) is 6.20 Å². The van der Waals surface area contributed by atoms with Gasteiger partial charge in [-0.25, -0.2) is 4.98 Å². The van der Waals surface area contributed by atoms with Crippen LogP contribution >= 0.6 is 15.9 Å². The smallest absolute Gasteiger partial charge is 0.253 e. The highest BCUT2D eigenvalue weighted by Crippen LogP contribution is 2.19. The van der Waals surface area contributed by atoms with E-state index in [1.54, 1.807) is 18.2 Å². The van der Waals surface area contributed by atoms with Crippen molar-refractivity contribution in [2.24, 2.45) is 0 Å². The van der Waals surface area contributed by atoms with E-state index in [2.05, 4.69) is 31.5 Å². The topological polar surface area (TPSA) is 80.3 Å². The number of rotatable bonds is 6. The Kier molecular flexibility index (Phi) is 6.52. The lowest BCUT2D eigenvalue weighted by molar-refractivity contribution is -0.115. The van der Waals surface area contributed by atoms with Crippen LogP contribution in [0.2, 0.25) is 0 Å². The highest BCUT2D eigenvalue weighted by molar-refractivity contribution is 9.10. The summed E-state index contributed by atoms with van der Waals surface area (Å²) in [4.78, 5) is 28.1. The molecular weight excluding hydrogens is 386 g/mol. The molecule has 0 saturated heterocycles. The number of aromatic nitrogens is 1. The molecule has 0 saturated carbocycles. The van der Waals surface area contributed by atoms with Crippen LogP contribution in [0.15, 0.2) is 41.0 Å². The Hall–Kier alpha value is -2.41. The lowest BCUT2D eigenvalue weighted by Gasteiger charge is -2.10. The number of amides is 2. The van der Waals surface area contributed by atoms with E-state index in [0.29, 0.717) is 17.1 Å². The number of nitrogens with one attached hydrogen (secondary N) is 2. The minimum Gasteiger partial charge on any atom is -0.475 e. The van der Waals surface area contributed by atoms with Crippen LogP contribution in [0.3, 0.4) is 0 Å². The van der Waals surface area contributed by atoms with E-state index < -0.39 is 0 Å². The van der Waals surface area contributed by atoms with Crippen LogP contribution < -0.4 is 15.4 Å². The number of halogens is 1. The first kappa shape index (κ1) is 18.9. The second-order valence-electron chi connectivity index (χ2n) is 5.74. The standard InChI is InChI=1S/C18H20BrN3O3/c1-11(2)25-17-7-4-13(9-20-17)18(24)21-10-16(23)22-15-6-5-14(19)8-12(15)3/h4-9,11H,10H2,1-3H3,(H,21,24)(H,22,23). The fraction of sp³-hybridized carbons (Fsp3) is 0.278. The SMILES string of the molecule is Cc1cc(Br)ccc1NC(=O)CNC(=O)c1ccc(OC(C)C)nc1. The minimum absolute atomic E-state index is 0.0120. The molecule has 2 N–H and O–H groups in total. The van der Waals surface area contributed by atoms with Crippen LogP contribution in [0.4, 0.5) is 5.69 Å². The number of nitrogens with zero attached hydrogens (tertiary/aromatic N) is 1. The zero-order valence-corrected chi connectivity index (χ0v) is 15.9. The summed E-state index contributed by atoms with van der Waals surface area (Å²) in [5.41, 5.74) is 2.00. The molecule has 2 amide bonds. The molecule has 7 heteroatoms. The number of pyridine rings is 1. The molecule has 25 heavy (non-hydrogen) atoms. The minimum atomic E-state index is -0.369. The van der Waals surface area contributed by atoms with Gasteiger partial charge in [0, 0.05) is 22.4 Å². The van der Waals surface area contributed by atoms with Gasteiger partial charge in [0.15, 0.2) is 0 Å². The highest BCUT2D eigenvalue weighted by Gasteiger charge is 2.10. The van der Waals surface area contributed by atoms with Crippen molar-refractivity contribution in [2.45, 2.75) is 26.9 Å². The van der Waals surface area contributed by atoms with Crippen molar-refractivity contribution >= 4 is 33.4 Å². The predicted octanol–water partition coefficient (Wildman–Crippen LogP) is 3.31. The number of ether oxygens (including phenoxy) is 1. The number of benzene rings is 1. The highest BCUT2D eigenvalue weighted by atomic mass is 79.9. The van der Waals surface area contributed by atoms with Gasteiger partial charge < -0.3 is 15.4 Å². The lowest BCUT2D eigenvalue weighted by Crippen LogP contribution is -2.33. The Balaban J connectivity index is 1.87. The summed E-state index contributed by atoms with van der Waals surface area (Å²) in [5.74, 6) is -0.215. The monoisotopic (exact) mass is 405 g/mol. The van der Waals surface area contributed by atoms with Gasteiger partial charge in [0.25, 0.3) is 5.91 Å². The molecule has 0 spiro atoms. The molecule has 0 atom stereocenters. The maximum atomic E-state index is 12.1. The predicted molar refractivity (Wildman–Crippen MR) is 99.8 cm³/mol. The summed E-state index contributed by atoms with van der Waals surface area (Å²) in [5, 5.41) is 5.33. The van der Waals surface area contributed by atoms with Gasteiger partial charge >= 0.3 is 0 Å². The lowest BCUT2D eigenvalue weighted by atomic mass is 10.2. The number of carbonyl (C=O) groups excluding carboxylic acids is 2. The molecule has 2 rings (SSSR count). The first-order valence-corrected chi connectivity index (χ1v) is 8.61. The number of carbonyl (C=O) groups is 2. The van der Waals surface area contributed by atoms with Crippen LogP contribution in [0.25, 0.3) is 0 Å². The van der Waals surface area contributed by atoms with Crippen molar-refractivity contribution in [3.05, 3.63) is 52.1 Å². The summed E-state index contributed by atoms with van der Waals surface area (Å²) in [6.07, 6.45) is 1.43. The molecule has 0 bridgehead atoms. The van der Waals surface area contributed by atoms with Crippen LogP contribution in [0, 0.1) is 6.92 Å². The van der Waals surface area contributed by atoms with Crippen molar-refractivity contribution in [1.29, 1.82) is 0 Å². The van der Waals surface area contributed by atoms with Crippen molar-refractivity contribution < 1.29 is 14.3 Å². The molecule has 0 radical (unpaired) electrons. The molecule has 132 valence electrons. The van der Waals surface area contributed by atoms with Crippen molar-refractivity contribution in [1.82, 2.24) is 10.3 Å². The molecule has 1 aromatic heterocycles. The van der Waals surface area contributed by atoms with Crippen LogP contribution in [-0.2, 0) is 4.79 Å². The molecule has 0 aliphatic carbocycles. The van der Waals surface area contributed by atoms with E-state index in [1.807, 2.05) is 32.9 Å². The van der Waals surface area contributed by atoms with Gasteiger partial charge in [-0.05, 0) is 50.6 Å². The number of hydrogen-bond donors (Lipinski definition) is 2. The molecule has 6 nitrogen and oxygen atoms in total. The fourth-order valence-corrected chi connectivity index (χ4v) is 2.53. The van der Waals surface area contributed by atoms with E-state index in [0.717, 1.165) is 10.0 Å². The maximum absolute atomic E-state index is 12.1. The van der Waals surface area contributed by atoms with Crippen molar-refractivity contribution in [3.63, 3.8) is 0 Å². The van der Waals surface area contributed by atoms with Gasteiger partial charge in [0.05, 0.1) is 18.2 Å². The van der Waals surface area contributed by atoms with Gasteiger partial charge in [0.2, 0.25) is 11.8 Å². The van der Waals surface area contributed by atoms with Crippen LogP contribution in [0.5, 0.6) is 5.88 Å². The first-order valence-electron chi connectivity index (χ1n) is 7.82. The largest absolute Gasteiger partial charge is 0.475 e. The van der Waals surface area contributed by atoms with Crippen molar-refractivity contribution in [2.75, 3.05) is 11.9 Å². The third-order valence-electron chi connectivity index (χ3n) is 3.23. The Morgan fingerprint density at radius 1 is 1.24 bits per heavy atom. The first-order chi connectivity index (χ1) is 11.8. The molecule has 0 aliphatic rings. The van der Waals surface area contributed by atoms with Gasteiger partial charge in [-0.2, -0.15) is 0 Å². The van der Waals surface area contributed by atoms with Gasteiger partial charge in [-0.15, -0.1) is 0 Å². The third-order valence-corrected chi connectivity index (χ3v) is 3.72. The summed E-state index contributed by atoms with van der Waals surface area (Å²) in [6.45, 7) is 5.56. The number of anilines is 1. The summed E-state index contributed by atoms with van der Waals surface area (Å²) >= 11 is 3.37. The van der Waals surface area contributed by atoms with Crippen LogP contribution in [-0.4, -0.2) is 29.4 Å². The Morgan fingerprint density at radius 3 is 2.60 bits per heavy atom. The Morgan fingerprint density at radius 2 is 2.00 bits per heavy atom. The van der Waals surface area contributed by atoms with Gasteiger partial charge in [-0.3, -0.25) is 9.59 Å². The van der Waals surface area contributed by atoms with E-state index >= 15 is 0 Å². The van der Waals surface area contributed by atoms with Gasteiger partial charge in [0.1, 0.15) is 0 Å². The van der Waals surface area contributed by atoms with E-state index in [-0.39, 0.29) is 24.5 Å². The average molecular weight is 406 g/mol. The molecule has 0 fully saturated rings. The molecule has 0 unspecified atom stereocenters. The number of hydrogen-bond acceptors (Lipinski definition) is 4. The van der Waals surface area contributed by atoms with E-state index in [9.17, 15) is 9.59 Å². The molecular formula is C18H20BrN3O3.